The van der Waals surface area contributed by atoms with Gasteiger partial charge in [-0.05, 0) is 103 Å². The number of rotatable bonds is 9. The highest BCUT2D eigenvalue weighted by atomic mass is 31.2. The first-order valence-corrected chi connectivity index (χ1v) is 27.1. The molecule has 0 saturated heterocycles. The minimum atomic E-state index is -2.45. The van der Waals surface area contributed by atoms with Crippen LogP contribution in [-0.4, -0.2) is 28.3 Å². The Balaban J connectivity index is 0.975. The van der Waals surface area contributed by atoms with Crippen molar-refractivity contribution in [2.75, 3.05) is 13.3 Å². The molecule has 1 aliphatic rings. The maximum Gasteiger partial charge on any atom is 0.165 e. The van der Waals surface area contributed by atoms with E-state index in [9.17, 15) is 4.57 Å². The summed E-state index contributed by atoms with van der Waals surface area (Å²) in [5.41, 5.74) is 12.4. The summed E-state index contributed by atoms with van der Waals surface area (Å²) in [5.74, 6) is 1.92. The van der Waals surface area contributed by atoms with Crippen LogP contribution in [0.5, 0.6) is 0 Å². The van der Waals surface area contributed by atoms with Gasteiger partial charge in [0, 0.05) is 27.4 Å². The Bertz CT molecular complexity index is 3710. The molecule has 10 aromatic carbocycles. The van der Waals surface area contributed by atoms with E-state index in [1.54, 1.807) is 0 Å². The lowest BCUT2D eigenvalue weighted by Crippen LogP contribution is -2.30. The van der Waals surface area contributed by atoms with Gasteiger partial charge in [0.05, 0.1) is 0 Å². The van der Waals surface area contributed by atoms with Crippen LogP contribution in [-0.2, 0) is 9.98 Å². The van der Waals surface area contributed by atoms with Crippen molar-refractivity contribution in [3.63, 3.8) is 0 Å². The van der Waals surface area contributed by atoms with Crippen LogP contribution in [0.3, 0.4) is 0 Å². The summed E-state index contributed by atoms with van der Waals surface area (Å²) >= 11 is 0. The number of nitrogens with zero attached hydrogens (tertiary/aromatic N) is 3. The largest absolute Gasteiger partial charge is 0.319 e. The minimum Gasteiger partial charge on any atom is -0.319 e. The predicted molar refractivity (Wildman–Crippen MR) is 294 cm³/mol. The topological polar surface area (TPSA) is 55.7 Å². The van der Waals surface area contributed by atoms with Gasteiger partial charge in [0.2, 0.25) is 0 Å². The Morgan fingerprint density at radius 1 is 0.343 bits per heavy atom. The zero-order valence-corrected chi connectivity index (χ0v) is 40.4. The molecule has 0 amide bonds. The highest BCUT2D eigenvalue weighted by Gasteiger charge is 2.36. The van der Waals surface area contributed by atoms with E-state index in [0.717, 1.165) is 78.3 Å². The Morgan fingerprint density at radius 3 is 1.27 bits per heavy atom. The molecule has 5 heteroatoms. The average Bonchev–Trinajstić information content (AvgIpc) is 3.42. The SMILES string of the molecule is CP(C)(=O)c1ccc(-c2ccc(C3(c4ccc(-c5nc(-c6ccc(-c7ccccc7)cc6)nc(-c6c7ccccc7c(-c7ccccc7)c7ccccc67)n5)cc4)CCCCC3)cc2)c2ccccc12. The lowest BCUT2D eigenvalue weighted by molar-refractivity contribution is 0.346. The standard InChI is InChI=1S/C65H52N3OP/c1-70(2,69)59-41-40-52(53-22-10-11-23-54(53)59)46-32-36-50(37-33-46)65(42-16-5-17-43-65)51-38-34-49(35-39-51)63-66-62(48-30-28-45(29-31-48)44-18-6-3-7-19-44)67-64(68-63)61-57-26-14-12-24-55(57)60(47-20-8-4-9-21-47)56-25-13-15-27-58(56)61/h3-4,6-15,18-41H,5,16-17,42-43H2,1-2H3. The molecule has 0 aliphatic heterocycles. The summed E-state index contributed by atoms with van der Waals surface area (Å²) in [4.78, 5) is 16.1. The van der Waals surface area contributed by atoms with E-state index in [2.05, 4.69) is 206 Å². The molecular formula is C65H52N3OP. The van der Waals surface area contributed by atoms with Crippen molar-refractivity contribution < 1.29 is 4.57 Å². The maximum atomic E-state index is 13.3. The second-order valence-electron chi connectivity index (χ2n) is 19.3. The van der Waals surface area contributed by atoms with Gasteiger partial charge in [-0.25, -0.2) is 15.0 Å². The van der Waals surface area contributed by atoms with Crippen LogP contribution in [0.25, 0.3) is 99.9 Å². The fourth-order valence-electron chi connectivity index (χ4n) is 11.3. The van der Waals surface area contributed by atoms with E-state index in [4.69, 9.17) is 15.0 Å². The Labute approximate surface area is 410 Å². The fraction of sp³-hybridized carbons (Fsp3) is 0.123. The molecule has 0 spiro atoms. The smallest absolute Gasteiger partial charge is 0.165 e. The van der Waals surface area contributed by atoms with E-state index in [1.165, 1.54) is 52.6 Å². The van der Waals surface area contributed by atoms with Gasteiger partial charge in [0.1, 0.15) is 7.14 Å². The van der Waals surface area contributed by atoms with Crippen molar-refractivity contribution in [1.29, 1.82) is 0 Å². The molecule has 12 rings (SSSR count). The molecule has 0 bridgehead atoms. The fourth-order valence-corrected chi connectivity index (χ4v) is 12.5. The highest BCUT2D eigenvalue weighted by Crippen LogP contribution is 2.47. The number of hydrogen-bond acceptors (Lipinski definition) is 4. The van der Waals surface area contributed by atoms with Crippen LogP contribution in [0.1, 0.15) is 43.2 Å². The monoisotopic (exact) mass is 921 g/mol. The van der Waals surface area contributed by atoms with E-state index >= 15 is 0 Å². The van der Waals surface area contributed by atoms with Crippen molar-refractivity contribution in [1.82, 2.24) is 15.0 Å². The molecule has 0 atom stereocenters. The number of aromatic nitrogens is 3. The van der Waals surface area contributed by atoms with Crippen molar-refractivity contribution >= 4 is 44.8 Å². The molecule has 1 saturated carbocycles. The summed E-state index contributed by atoms with van der Waals surface area (Å²) in [6.07, 6.45) is 5.77. The van der Waals surface area contributed by atoms with Crippen LogP contribution in [0.4, 0.5) is 0 Å². The molecule has 338 valence electrons. The Hall–Kier alpha value is -7.78. The molecule has 70 heavy (non-hydrogen) atoms. The Morgan fingerprint density at radius 2 is 0.743 bits per heavy atom. The van der Waals surface area contributed by atoms with Crippen molar-refractivity contribution in [2.24, 2.45) is 0 Å². The molecule has 1 aliphatic carbocycles. The highest BCUT2D eigenvalue weighted by molar-refractivity contribution is 7.70. The molecular weight excluding hydrogens is 870 g/mol. The quantitative estimate of drug-likeness (QED) is 0.107. The summed E-state index contributed by atoms with van der Waals surface area (Å²) in [6.45, 7) is 3.72. The van der Waals surface area contributed by atoms with Gasteiger partial charge in [-0.2, -0.15) is 0 Å². The van der Waals surface area contributed by atoms with Gasteiger partial charge in [-0.3, -0.25) is 0 Å². The van der Waals surface area contributed by atoms with Gasteiger partial charge >= 0.3 is 0 Å². The first-order chi connectivity index (χ1) is 34.3. The van der Waals surface area contributed by atoms with Gasteiger partial charge < -0.3 is 4.57 Å². The lowest BCUT2D eigenvalue weighted by atomic mass is 9.65. The lowest BCUT2D eigenvalue weighted by Gasteiger charge is -2.39. The van der Waals surface area contributed by atoms with Crippen molar-refractivity contribution in [2.45, 2.75) is 37.5 Å². The second-order valence-corrected chi connectivity index (χ2v) is 22.5. The molecule has 0 unspecified atom stereocenters. The number of fused-ring (bicyclic) bond motifs is 3. The zero-order chi connectivity index (χ0) is 47.2. The maximum absolute atomic E-state index is 13.3. The third kappa shape index (κ3) is 7.83. The van der Waals surface area contributed by atoms with Crippen molar-refractivity contribution in [3.8, 4) is 67.5 Å². The van der Waals surface area contributed by atoms with Crippen LogP contribution < -0.4 is 5.30 Å². The van der Waals surface area contributed by atoms with Gasteiger partial charge in [0.25, 0.3) is 0 Å². The Kier molecular flexibility index (Phi) is 11.2. The van der Waals surface area contributed by atoms with Crippen LogP contribution in [0, 0.1) is 0 Å². The first kappa shape index (κ1) is 43.5. The third-order valence-electron chi connectivity index (χ3n) is 14.7. The number of benzene rings is 10. The molecule has 0 N–H and O–H groups in total. The van der Waals surface area contributed by atoms with Crippen molar-refractivity contribution in [3.05, 3.63) is 230 Å². The third-order valence-corrected chi connectivity index (χ3v) is 16.3. The molecule has 1 fully saturated rings. The van der Waals surface area contributed by atoms with Crippen LogP contribution in [0.2, 0.25) is 0 Å². The normalized spacial score (nSPS) is 13.7. The number of hydrogen-bond donors (Lipinski definition) is 0. The average molecular weight is 922 g/mol. The van der Waals surface area contributed by atoms with E-state index in [-0.39, 0.29) is 5.41 Å². The summed E-state index contributed by atoms with van der Waals surface area (Å²) in [5, 5.41) is 7.66. The van der Waals surface area contributed by atoms with E-state index in [0.29, 0.717) is 17.5 Å². The second kappa shape index (κ2) is 17.9. The summed E-state index contributed by atoms with van der Waals surface area (Å²) in [6, 6.07) is 78.1. The molecule has 4 nitrogen and oxygen atoms in total. The predicted octanol–water partition coefficient (Wildman–Crippen LogP) is 16.8. The summed E-state index contributed by atoms with van der Waals surface area (Å²) in [7, 11) is -2.45. The van der Waals surface area contributed by atoms with E-state index < -0.39 is 7.14 Å². The van der Waals surface area contributed by atoms with Gasteiger partial charge in [-0.15, -0.1) is 0 Å². The molecule has 11 aromatic rings. The van der Waals surface area contributed by atoms with Gasteiger partial charge in [0.15, 0.2) is 17.5 Å². The van der Waals surface area contributed by atoms with Crippen LogP contribution in [0.15, 0.2) is 218 Å². The summed E-state index contributed by atoms with van der Waals surface area (Å²) < 4.78 is 13.3. The molecule has 1 aromatic heterocycles. The molecule has 0 radical (unpaired) electrons. The molecule has 1 heterocycles. The van der Waals surface area contributed by atoms with Crippen LogP contribution >= 0.6 is 7.14 Å². The first-order valence-electron chi connectivity index (χ1n) is 24.5. The minimum absolute atomic E-state index is 0.119. The van der Waals surface area contributed by atoms with Gasteiger partial charge in [-0.1, -0.05) is 238 Å². The zero-order valence-electron chi connectivity index (χ0n) is 39.5. The van der Waals surface area contributed by atoms with E-state index in [1.807, 2.05) is 25.5 Å².